The van der Waals surface area contributed by atoms with Gasteiger partial charge in [-0.2, -0.15) is 0 Å². The highest BCUT2D eigenvalue weighted by atomic mass is 32.2. The third kappa shape index (κ3) is 9.26. The van der Waals surface area contributed by atoms with Gasteiger partial charge in [0.25, 0.3) is 11.4 Å². The van der Waals surface area contributed by atoms with E-state index in [1.807, 2.05) is 0 Å². The van der Waals surface area contributed by atoms with Crippen molar-refractivity contribution in [1.29, 1.82) is 0 Å². The molecule has 0 aromatic heterocycles. The van der Waals surface area contributed by atoms with Gasteiger partial charge in [0.15, 0.2) is 0 Å². The first-order chi connectivity index (χ1) is 14.9. The molecule has 8 nitrogen and oxygen atoms in total. The van der Waals surface area contributed by atoms with Gasteiger partial charge < -0.3 is 9.47 Å². The quantitative estimate of drug-likeness (QED) is 0.268. The number of hydrogen-bond acceptors (Lipinski definition) is 8. The molecule has 0 atom stereocenters. The fourth-order valence-electron chi connectivity index (χ4n) is 2.35. The number of nitrogens with zero attached hydrogens (tertiary/aromatic N) is 2. The third-order valence-electron chi connectivity index (χ3n) is 4.59. The zero-order chi connectivity index (χ0) is 22.6. The van der Waals surface area contributed by atoms with Gasteiger partial charge in [0.05, 0.1) is 36.3 Å². The van der Waals surface area contributed by atoms with Gasteiger partial charge in [0.2, 0.25) is 0 Å². The highest BCUT2D eigenvalue weighted by molar-refractivity contribution is 7.99. The minimum absolute atomic E-state index is 0.0952. The molecular formula is C21H26N2O6S2. The molecule has 2 saturated heterocycles. The molecule has 2 aliphatic heterocycles. The average Bonchev–Trinajstić information content (AvgIpc) is 2.68. The molecule has 2 aromatic rings. The Morgan fingerprint density at radius 1 is 0.871 bits per heavy atom. The van der Waals surface area contributed by atoms with Crippen LogP contribution in [-0.4, -0.2) is 42.0 Å². The fourth-order valence-corrected chi connectivity index (χ4v) is 3.45. The first kappa shape index (κ1) is 25.1. The molecule has 0 unspecified atom stereocenters. The first-order valence-corrected chi connectivity index (χ1v) is 11.3. The van der Waals surface area contributed by atoms with Crippen LogP contribution < -0.4 is 0 Å². The SMILES string of the molecule is CCC1COC1.O=[N+]([O-])c1ccc(S)cc1.O=[N+]([O-])c1ccc(SCC2COC2)cc1. The number of nitro benzene ring substituents is 2. The Balaban J connectivity index is 0.000000183. The van der Waals surface area contributed by atoms with E-state index in [9.17, 15) is 20.2 Å². The number of benzene rings is 2. The van der Waals surface area contributed by atoms with Crippen LogP contribution >= 0.6 is 24.4 Å². The molecule has 0 aliphatic carbocycles. The summed E-state index contributed by atoms with van der Waals surface area (Å²) in [4.78, 5) is 21.5. The van der Waals surface area contributed by atoms with Crippen LogP contribution in [0.4, 0.5) is 11.4 Å². The van der Waals surface area contributed by atoms with Crippen LogP contribution in [0, 0.1) is 32.1 Å². The summed E-state index contributed by atoms with van der Waals surface area (Å²) in [6.07, 6.45) is 1.29. The average molecular weight is 467 g/mol. The van der Waals surface area contributed by atoms with E-state index < -0.39 is 4.92 Å². The zero-order valence-electron chi connectivity index (χ0n) is 17.2. The van der Waals surface area contributed by atoms with Crippen molar-refractivity contribution in [2.45, 2.75) is 23.1 Å². The maximum atomic E-state index is 10.4. The molecule has 2 aromatic carbocycles. The predicted molar refractivity (Wildman–Crippen MR) is 123 cm³/mol. The van der Waals surface area contributed by atoms with Gasteiger partial charge in [-0.25, -0.2) is 0 Å². The van der Waals surface area contributed by atoms with Gasteiger partial charge >= 0.3 is 0 Å². The molecule has 0 radical (unpaired) electrons. The number of thioether (sulfide) groups is 1. The van der Waals surface area contributed by atoms with Crippen molar-refractivity contribution in [3.05, 3.63) is 68.8 Å². The Bertz CT molecular complexity index is 822. The normalized spacial score (nSPS) is 15.3. The Hall–Kier alpha value is -2.14. The van der Waals surface area contributed by atoms with Gasteiger partial charge in [0.1, 0.15) is 0 Å². The fraction of sp³-hybridized carbons (Fsp3) is 0.429. The van der Waals surface area contributed by atoms with Crippen molar-refractivity contribution in [3.63, 3.8) is 0 Å². The van der Waals surface area contributed by atoms with E-state index in [1.165, 1.54) is 18.6 Å². The van der Waals surface area contributed by atoms with Gasteiger partial charge in [-0.05, 0) is 30.7 Å². The van der Waals surface area contributed by atoms with E-state index in [4.69, 9.17) is 9.47 Å². The number of ether oxygens (including phenoxy) is 2. The van der Waals surface area contributed by atoms with Crippen LogP contribution in [0.3, 0.4) is 0 Å². The van der Waals surface area contributed by atoms with Crippen LogP contribution in [0.5, 0.6) is 0 Å². The standard InChI is InChI=1S/C10H11NO3S.C6H5NO2S.C5H10O/c12-11(13)9-1-3-10(4-2-9)15-7-8-5-14-6-8;8-7(9)5-1-3-6(10)4-2-5;1-2-5-3-6-4-5/h1-4,8H,5-7H2;1-4,10H;5H,2-4H2,1H3. The van der Waals surface area contributed by atoms with Crippen LogP contribution in [0.2, 0.25) is 0 Å². The van der Waals surface area contributed by atoms with E-state index in [0.29, 0.717) is 5.92 Å². The molecule has 0 amide bonds. The molecule has 2 fully saturated rings. The second kappa shape index (κ2) is 13.3. The van der Waals surface area contributed by atoms with Crippen molar-refractivity contribution in [1.82, 2.24) is 0 Å². The van der Waals surface area contributed by atoms with Crippen LogP contribution in [0.25, 0.3) is 0 Å². The Kier molecular flexibility index (Phi) is 10.8. The van der Waals surface area contributed by atoms with Gasteiger partial charge in [-0.1, -0.05) is 6.92 Å². The summed E-state index contributed by atoms with van der Waals surface area (Å²) in [5, 5.41) is 20.5. The minimum atomic E-state index is -0.437. The van der Waals surface area contributed by atoms with E-state index in [1.54, 1.807) is 48.2 Å². The number of non-ortho nitro benzene ring substituents is 2. The number of thiol groups is 1. The van der Waals surface area contributed by atoms with E-state index in [-0.39, 0.29) is 16.3 Å². The van der Waals surface area contributed by atoms with Gasteiger partial charge in [-0.15, -0.1) is 24.4 Å². The maximum Gasteiger partial charge on any atom is 0.269 e. The molecule has 0 spiro atoms. The monoisotopic (exact) mass is 466 g/mol. The molecule has 2 heterocycles. The molecule has 10 heteroatoms. The summed E-state index contributed by atoms with van der Waals surface area (Å²) in [5.74, 6) is 2.56. The second-order valence-electron chi connectivity index (χ2n) is 7.05. The lowest BCUT2D eigenvalue weighted by Gasteiger charge is -2.25. The molecule has 0 bridgehead atoms. The molecule has 168 valence electrons. The highest BCUT2D eigenvalue weighted by Crippen LogP contribution is 2.25. The zero-order valence-corrected chi connectivity index (χ0v) is 18.9. The lowest BCUT2D eigenvalue weighted by molar-refractivity contribution is -0.385. The third-order valence-corrected chi connectivity index (χ3v) is 6.13. The van der Waals surface area contributed by atoms with Crippen LogP contribution in [0.1, 0.15) is 13.3 Å². The van der Waals surface area contributed by atoms with E-state index in [2.05, 4.69) is 19.6 Å². The lowest BCUT2D eigenvalue weighted by atomic mass is 10.1. The smallest absolute Gasteiger partial charge is 0.269 e. The van der Waals surface area contributed by atoms with Crippen molar-refractivity contribution in [2.24, 2.45) is 11.8 Å². The maximum absolute atomic E-state index is 10.4. The lowest BCUT2D eigenvalue weighted by Crippen LogP contribution is -2.29. The summed E-state index contributed by atoms with van der Waals surface area (Å²) >= 11 is 5.70. The Morgan fingerprint density at radius 2 is 1.32 bits per heavy atom. The Morgan fingerprint density at radius 3 is 1.65 bits per heavy atom. The first-order valence-electron chi connectivity index (χ1n) is 9.85. The van der Waals surface area contributed by atoms with Gasteiger partial charge in [0, 0.05) is 51.6 Å². The van der Waals surface area contributed by atoms with Crippen molar-refractivity contribution in [3.8, 4) is 0 Å². The summed E-state index contributed by atoms with van der Waals surface area (Å²) < 4.78 is 10.00. The predicted octanol–water partition coefficient (Wildman–Crippen LogP) is 5.26. The van der Waals surface area contributed by atoms with E-state index in [0.717, 1.165) is 47.9 Å². The molecule has 0 saturated carbocycles. The van der Waals surface area contributed by atoms with Crippen molar-refractivity contribution in [2.75, 3.05) is 32.2 Å². The molecule has 0 N–H and O–H groups in total. The molecule has 31 heavy (non-hydrogen) atoms. The Labute approximate surface area is 191 Å². The minimum Gasteiger partial charge on any atom is -0.381 e. The molecule has 4 rings (SSSR count). The van der Waals surface area contributed by atoms with Crippen molar-refractivity contribution >= 4 is 35.8 Å². The van der Waals surface area contributed by atoms with Crippen LogP contribution in [-0.2, 0) is 9.47 Å². The van der Waals surface area contributed by atoms with Crippen molar-refractivity contribution < 1.29 is 19.3 Å². The summed E-state index contributed by atoms with van der Waals surface area (Å²) in [7, 11) is 0. The van der Waals surface area contributed by atoms with E-state index >= 15 is 0 Å². The summed E-state index contributed by atoms with van der Waals surface area (Å²) in [6, 6.07) is 12.7. The number of rotatable bonds is 6. The number of hydrogen-bond donors (Lipinski definition) is 1. The molecule has 2 aliphatic rings. The number of nitro groups is 2. The summed E-state index contributed by atoms with van der Waals surface area (Å²) in [5.41, 5.74) is 0.240. The second-order valence-corrected chi connectivity index (χ2v) is 8.66. The topological polar surface area (TPSA) is 105 Å². The highest BCUT2D eigenvalue weighted by Gasteiger charge is 2.18. The van der Waals surface area contributed by atoms with Crippen LogP contribution in [0.15, 0.2) is 58.3 Å². The molecular weight excluding hydrogens is 440 g/mol. The van der Waals surface area contributed by atoms with Gasteiger partial charge in [-0.3, -0.25) is 20.2 Å². The largest absolute Gasteiger partial charge is 0.381 e. The summed E-state index contributed by atoms with van der Waals surface area (Å²) in [6.45, 7) is 5.92.